The van der Waals surface area contributed by atoms with Gasteiger partial charge in [-0.1, -0.05) is 24.9 Å². The smallest absolute Gasteiger partial charge is 0.143 e. The molecular weight excluding hydrogens is 206 g/mol. The van der Waals surface area contributed by atoms with Gasteiger partial charge in [0.15, 0.2) is 0 Å². The zero-order chi connectivity index (χ0) is 12.0. The highest BCUT2D eigenvalue weighted by Crippen LogP contribution is 2.23. The lowest BCUT2D eigenvalue weighted by Crippen LogP contribution is -2.43. The van der Waals surface area contributed by atoms with Crippen molar-refractivity contribution in [3.63, 3.8) is 0 Å². The van der Waals surface area contributed by atoms with Gasteiger partial charge in [-0.15, -0.1) is 0 Å². The van der Waals surface area contributed by atoms with E-state index in [-0.39, 0.29) is 18.4 Å². The first-order valence-corrected chi connectivity index (χ1v) is 6.00. The Hall–Kier alpha value is -0.810. The minimum Gasteiger partial charge on any atom is -0.409 e. The Bertz CT molecular complexity index is 233. The van der Waals surface area contributed by atoms with Crippen LogP contribution in [0.5, 0.6) is 0 Å². The highest BCUT2D eigenvalue weighted by Gasteiger charge is 2.24. The zero-order valence-electron chi connectivity index (χ0n) is 9.89. The van der Waals surface area contributed by atoms with E-state index < -0.39 is 0 Å². The Morgan fingerprint density at radius 2 is 2.19 bits per heavy atom. The van der Waals surface area contributed by atoms with Gasteiger partial charge in [-0.05, 0) is 18.8 Å². The van der Waals surface area contributed by atoms with E-state index in [9.17, 15) is 5.11 Å². The Balaban J connectivity index is 2.35. The van der Waals surface area contributed by atoms with Crippen molar-refractivity contribution in [1.82, 2.24) is 5.32 Å². The molecule has 0 heterocycles. The second-order valence-electron chi connectivity index (χ2n) is 4.67. The number of aliphatic hydroxyl groups is 1. The summed E-state index contributed by atoms with van der Waals surface area (Å²) in [6, 6.07) is 0.368. The Morgan fingerprint density at radius 1 is 1.50 bits per heavy atom. The van der Waals surface area contributed by atoms with Crippen molar-refractivity contribution >= 4 is 5.84 Å². The molecule has 1 fully saturated rings. The predicted molar refractivity (Wildman–Crippen MR) is 63.4 cm³/mol. The molecule has 0 amide bonds. The molecule has 1 aliphatic rings. The Labute approximate surface area is 96.7 Å². The molecule has 1 rings (SSSR count). The van der Waals surface area contributed by atoms with Crippen LogP contribution in [0.25, 0.3) is 0 Å². The number of hydrogen-bond acceptors (Lipinski definition) is 4. The fourth-order valence-electron chi connectivity index (χ4n) is 2.23. The number of amidine groups is 1. The average molecular weight is 229 g/mol. The molecule has 0 aromatic heterocycles. The third kappa shape index (κ3) is 3.64. The summed E-state index contributed by atoms with van der Waals surface area (Å²) in [4.78, 5) is 0. The van der Waals surface area contributed by atoms with Crippen LogP contribution in [-0.2, 0) is 0 Å². The summed E-state index contributed by atoms with van der Waals surface area (Å²) in [5, 5.41) is 24.2. The van der Waals surface area contributed by atoms with E-state index in [1.807, 2.05) is 6.92 Å². The first-order valence-electron chi connectivity index (χ1n) is 6.00. The van der Waals surface area contributed by atoms with Crippen molar-refractivity contribution in [2.45, 2.75) is 38.6 Å². The van der Waals surface area contributed by atoms with E-state index in [1.54, 1.807) is 0 Å². The molecule has 0 saturated heterocycles. The molecule has 16 heavy (non-hydrogen) atoms. The Morgan fingerprint density at radius 3 is 2.81 bits per heavy atom. The minimum atomic E-state index is 0.0197. The van der Waals surface area contributed by atoms with E-state index >= 15 is 0 Å². The molecule has 5 heteroatoms. The van der Waals surface area contributed by atoms with Gasteiger partial charge in [-0.25, -0.2) is 0 Å². The maximum Gasteiger partial charge on any atom is 0.143 e. The maximum absolute atomic E-state index is 9.25. The van der Waals surface area contributed by atoms with E-state index in [0.717, 1.165) is 12.8 Å². The lowest BCUT2D eigenvalue weighted by atomic mass is 9.85. The van der Waals surface area contributed by atoms with Crippen molar-refractivity contribution in [3.8, 4) is 0 Å². The summed E-state index contributed by atoms with van der Waals surface area (Å²) in [6.07, 6.45) is 4.62. The molecule has 0 aliphatic heterocycles. The molecule has 3 unspecified atom stereocenters. The normalized spacial score (nSPS) is 29.0. The minimum absolute atomic E-state index is 0.0197. The largest absolute Gasteiger partial charge is 0.409 e. The number of nitrogens with two attached hydrogens (primary N) is 1. The fraction of sp³-hybridized carbons (Fsp3) is 0.909. The van der Waals surface area contributed by atoms with Crippen molar-refractivity contribution in [2.75, 3.05) is 13.2 Å². The quantitative estimate of drug-likeness (QED) is 0.239. The molecule has 0 radical (unpaired) electrons. The monoisotopic (exact) mass is 229 g/mol. The van der Waals surface area contributed by atoms with Gasteiger partial charge in [0.05, 0.1) is 0 Å². The van der Waals surface area contributed by atoms with Gasteiger partial charge in [0.25, 0.3) is 0 Å². The van der Waals surface area contributed by atoms with E-state index in [4.69, 9.17) is 10.9 Å². The molecule has 5 N–H and O–H groups in total. The van der Waals surface area contributed by atoms with Gasteiger partial charge < -0.3 is 21.4 Å². The van der Waals surface area contributed by atoms with Gasteiger partial charge in [-0.3, -0.25) is 0 Å². The van der Waals surface area contributed by atoms with Crippen molar-refractivity contribution in [1.29, 1.82) is 0 Å². The summed E-state index contributed by atoms with van der Waals surface area (Å²) < 4.78 is 0. The number of oxime groups is 1. The lowest BCUT2D eigenvalue weighted by Gasteiger charge is -2.31. The third-order valence-corrected chi connectivity index (χ3v) is 3.45. The van der Waals surface area contributed by atoms with Gasteiger partial charge in [0.1, 0.15) is 5.84 Å². The molecule has 1 aliphatic carbocycles. The van der Waals surface area contributed by atoms with E-state index in [0.29, 0.717) is 18.5 Å². The van der Waals surface area contributed by atoms with Crippen LogP contribution < -0.4 is 11.1 Å². The maximum atomic E-state index is 9.25. The van der Waals surface area contributed by atoms with Crippen LogP contribution in [0.3, 0.4) is 0 Å². The van der Waals surface area contributed by atoms with Crippen LogP contribution in [0, 0.1) is 11.8 Å². The second-order valence-corrected chi connectivity index (χ2v) is 4.67. The first-order chi connectivity index (χ1) is 7.69. The number of rotatable bonds is 5. The molecule has 0 bridgehead atoms. The number of nitrogens with one attached hydrogen (secondary N) is 1. The lowest BCUT2D eigenvalue weighted by molar-refractivity contribution is 0.152. The second kappa shape index (κ2) is 6.70. The number of aliphatic hydroxyl groups excluding tert-OH is 1. The number of hydrogen-bond donors (Lipinski definition) is 4. The van der Waals surface area contributed by atoms with Crippen LogP contribution in [0.4, 0.5) is 0 Å². The fourth-order valence-corrected chi connectivity index (χ4v) is 2.23. The first kappa shape index (κ1) is 13.3. The van der Waals surface area contributed by atoms with Gasteiger partial charge in [0, 0.05) is 25.1 Å². The van der Waals surface area contributed by atoms with Crippen molar-refractivity contribution in [2.24, 2.45) is 22.7 Å². The SMILES string of the molecule is CC(CNC1CCCCC1CO)C(N)=NO. The summed E-state index contributed by atoms with van der Waals surface area (Å²) in [5.41, 5.74) is 5.51. The average Bonchev–Trinajstić information content (AvgIpc) is 2.35. The highest BCUT2D eigenvalue weighted by atomic mass is 16.4. The van der Waals surface area contributed by atoms with Crippen LogP contribution in [0.2, 0.25) is 0 Å². The summed E-state index contributed by atoms with van der Waals surface area (Å²) in [7, 11) is 0. The van der Waals surface area contributed by atoms with Gasteiger partial charge in [-0.2, -0.15) is 0 Å². The van der Waals surface area contributed by atoms with Crippen LogP contribution >= 0.6 is 0 Å². The highest BCUT2D eigenvalue weighted by molar-refractivity contribution is 5.82. The molecule has 94 valence electrons. The zero-order valence-corrected chi connectivity index (χ0v) is 9.89. The molecule has 5 nitrogen and oxygen atoms in total. The molecule has 1 saturated carbocycles. The van der Waals surface area contributed by atoms with Crippen molar-refractivity contribution in [3.05, 3.63) is 0 Å². The summed E-state index contributed by atoms with van der Waals surface area (Å²) in [6.45, 7) is 2.85. The van der Waals surface area contributed by atoms with Crippen LogP contribution in [0.15, 0.2) is 5.16 Å². The van der Waals surface area contributed by atoms with E-state index in [2.05, 4.69) is 10.5 Å². The standard InChI is InChI=1S/C11H23N3O2/c1-8(11(12)14-16)6-13-10-5-3-2-4-9(10)7-15/h8-10,13,15-16H,2-7H2,1H3,(H2,12,14). The topological polar surface area (TPSA) is 90.9 Å². The van der Waals surface area contributed by atoms with Crippen molar-refractivity contribution < 1.29 is 10.3 Å². The molecule has 0 aromatic carbocycles. The van der Waals surface area contributed by atoms with Gasteiger partial charge in [0.2, 0.25) is 0 Å². The molecule has 0 spiro atoms. The Kier molecular flexibility index (Phi) is 5.55. The molecular formula is C11H23N3O2. The number of nitrogens with zero attached hydrogens (tertiary/aromatic N) is 1. The predicted octanol–water partition coefficient (Wildman–Crippen LogP) is 0.510. The summed E-state index contributed by atoms with van der Waals surface area (Å²) >= 11 is 0. The van der Waals surface area contributed by atoms with Gasteiger partial charge >= 0.3 is 0 Å². The van der Waals surface area contributed by atoms with Crippen LogP contribution in [-0.4, -0.2) is 35.3 Å². The van der Waals surface area contributed by atoms with Crippen LogP contribution in [0.1, 0.15) is 32.6 Å². The summed E-state index contributed by atoms with van der Waals surface area (Å²) in [5.74, 6) is 0.628. The molecule has 0 aromatic rings. The third-order valence-electron chi connectivity index (χ3n) is 3.45. The van der Waals surface area contributed by atoms with E-state index in [1.165, 1.54) is 12.8 Å². The molecule has 3 atom stereocenters.